The Hall–Kier alpha value is -4.08. The highest BCUT2D eigenvalue weighted by Gasteiger charge is 2.15. The maximum atomic E-state index is 13.1. The number of benzene rings is 2. The summed E-state index contributed by atoms with van der Waals surface area (Å²) >= 11 is 0. The summed E-state index contributed by atoms with van der Waals surface area (Å²) in [5.74, 6) is -0.275. The van der Waals surface area contributed by atoms with Crippen LogP contribution in [0.5, 0.6) is 5.75 Å². The van der Waals surface area contributed by atoms with E-state index in [0.717, 1.165) is 4.57 Å². The van der Waals surface area contributed by atoms with Crippen molar-refractivity contribution in [2.24, 2.45) is 0 Å². The number of fused-ring (bicyclic) bond motifs is 1. The van der Waals surface area contributed by atoms with Crippen LogP contribution in [0.2, 0.25) is 0 Å². The molecular formula is C20H17FN6O3. The number of hydrogen-bond acceptors (Lipinski definition) is 6. The van der Waals surface area contributed by atoms with Crippen molar-refractivity contribution in [3.05, 3.63) is 71.0 Å². The molecule has 4 aromatic rings. The van der Waals surface area contributed by atoms with Crippen molar-refractivity contribution in [1.82, 2.24) is 24.5 Å². The van der Waals surface area contributed by atoms with Crippen molar-refractivity contribution < 1.29 is 13.9 Å². The number of amides is 1. The van der Waals surface area contributed by atoms with Gasteiger partial charge in [0.15, 0.2) is 11.2 Å². The van der Waals surface area contributed by atoms with Crippen LogP contribution in [-0.2, 0) is 11.3 Å². The second kappa shape index (κ2) is 8.11. The average Bonchev–Trinajstić information content (AvgIpc) is 3.17. The van der Waals surface area contributed by atoms with Crippen LogP contribution in [0.1, 0.15) is 6.92 Å². The van der Waals surface area contributed by atoms with Gasteiger partial charge in [-0.25, -0.2) is 9.37 Å². The van der Waals surface area contributed by atoms with Crippen LogP contribution >= 0.6 is 0 Å². The predicted molar refractivity (Wildman–Crippen MR) is 107 cm³/mol. The molecular weight excluding hydrogens is 391 g/mol. The maximum Gasteiger partial charge on any atom is 0.284 e. The van der Waals surface area contributed by atoms with Gasteiger partial charge in [0.25, 0.3) is 5.56 Å². The molecule has 0 atom stereocenters. The molecule has 1 N–H and O–H groups in total. The lowest BCUT2D eigenvalue weighted by Gasteiger charge is -2.11. The lowest BCUT2D eigenvalue weighted by atomic mass is 10.3. The summed E-state index contributed by atoms with van der Waals surface area (Å²) in [6.07, 6.45) is 1.25. The highest BCUT2D eigenvalue weighted by atomic mass is 19.1. The first kappa shape index (κ1) is 19.2. The Morgan fingerprint density at radius 3 is 2.70 bits per heavy atom. The Bertz CT molecular complexity index is 1270. The number of ether oxygens (including phenoxy) is 1. The van der Waals surface area contributed by atoms with Gasteiger partial charge in [-0.05, 0) is 43.3 Å². The third kappa shape index (κ3) is 3.75. The number of para-hydroxylation sites is 2. The molecule has 9 nitrogen and oxygen atoms in total. The normalized spacial score (nSPS) is 10.9. The number of aromatic nitrogens is 5. The highest BCUT2D eigenvalue weighted by molar-refractivity contribution is 5.92. The molecule has 2 aromatic carbocycles. The molecule has 0 saturated heterocycles. The molecule has 0 aliphatic carbocycles. The van der Waals surface area contributed by atoms with Gasteiger partial charge in [-0.15, -0.1) is 5.10 Å². The SMILES string of the molecule is CCOc1ccccc1NC(=O)Cn1cnc2c(nnn2-c2ccc(F)cc2)c1=O. The number of anilines is 1. The van der Waals surface area contributed by atoms with E-state index in [0.29, 0.717) is 23.7 Å². The third-order valence-electron chi connectivity index (χ3n) is 4.28. The number of hydrogen-bond donors (Lipinski definition) is 1. The van der Waals surface area contributed by atoms with Crippen LogP contribution < -0.4 is 15.6 Å². The Morgan fingerprint density at radius 2 is 1.93 bits per heavy atom. The summed E-state index contributed by atoms with van der Waals surface area (Å²) in [5, 5.41) is 10.5. The molecule has 2 heterocycles. The minimum atomic E-state index is -0.512. The molecule has 0 unspecified atom stereocenters. The number of carbonyl (C=O) groups excluding carboxylic acids is 1. The lowest BCUT2D eigenvalue weighted by molar-refractivity contribution is -0.116. The molecule has 0 aliphatic heterocycles. The van der Waals surface area contributed by atoms with Gasteiger partial charge in [-0.2, -0.15) is 4.68 Å². The molecule has 4 rings (SSSR count). The van der Waals surface area contributed by atoms with E-state index in [1.807, 2.05) is 6.92 Å². The molecule has 0 saturated carbocycles. The first-order chi connectivity index (χ1) is 14.6. The summed E-state index contributed by atoms with van der Waals surface area (Å²) in [6.45, 7) is 2.04. The van der Waals surface area contributed by atoms with Gasteiger partial charge >= 0.3 is 0 Å². The fourth-order valence-corrected chi connectivity index (χ4v) is 2.91. The summed E-state index contributed by atoms with van der Waals surface area (Å²) in [5.41, 5.74) is 0.721. The fourth-order valence-electron chi connectivity index (χ4n) is 2.91. The first-order valence-electron chi connectivity index (χ1n) is 9.15. The van der Waals surface area contributed by atoms with Crippen LogP contribution in [-0.4, -0.2) is 37.1 Å². The molecule has 10 heteroatoms. The zero-order chi connectivity index (χ0) is 21.1. The van der Waals surface area contributed by atoms with E-state index in [1.54, 1.807) is 24.3 Å². The number of carbonyl (C=O) groups is 1. The van der Waals surface area contributed by atoms with Gasteiger partial charge in [0.1, 0.15) is 24.4 Å². The van der Waals surface area contributed by atoms with E-state index >= 15 is 0 Å². The van der Waals surface area contributed by atoms with Crippen LogP contribution in [0.15, 0.2) is 59.7 Å². The topological polar surface area (TPSA) is 104 Å². The van der Waals surface area contributed by atoms with Crippen molar-refractivity contribution in [2.75, 3.05) is 11.9 Å². The largest absolute Gasteiger partial charge is 0.492 e. The lowest BCUT2D eigenvalue weighted by Crippen LogP contribution is -2.28. The Morgan fingerprint density at radius 1 is 1.17 bits per heavy atom. The van der Waals surface area contributed by atoms with Gasteiger partial charge in [0, 0.05) is 0 Å². The predicted octanol–water partition coefficient (Wildman–Crippen LogP) is 2.15. The number of rotatable bonds is 6. The molecule has 152 valence electrons. The van der Waals surface area contributed by atoms with Crippen molar-refractivity contribution in [3.8, 4) is 11.4 Å². The van der Waals surface area contributed by atoms with Gasteiger partial charge < -0.3 is 10.1 Å². The number of nitrogens with zero attached hydrogens (tertiary/aromatic N) is 5. The van der Waals surface area contributed by atoms with Crippen molar-refractivity contribution >= 4 is 22.8 Å². The summed E-state index contributed by atoms with van der Waals surface area (Å²) in [6, 6.07) is 12.6. The van der Waals surface area contributed by atoms with Crippen molar-refractivity contribution in [1.29, 1.82) is 0 Å². The molecule has 1 amide bonds. The monoisotopic (exact) mass is 408 g/mol. The second-order valence-electron chi connectivity index (χ2n) is 6.30. The second-order valence-corrected chi connectivity index (χ2v) is 6.30. The van der Waals surface area contributed by atoms with Gasteiger partial charge in [0.2, 0.25) is 5.91 Å². The van der Waals surface area contributed by atoms with E-state index < -0.39 is 17.3 Å². The Kier molecular flexibility index (Phi) is 5.21. The molecule has 0 spiro atoms. The molecule has 0 bridgehead atoms. The Balaban J connectivity index is 1.58. The zero-order valence-electron chi connectivity index (χ0n) is 15.9. The summed E-state index contributed by atoms with van der Waals surface area (Å²) in [4.78, 5) is 29.4. The average molecular weight is 408 g/mol. The van der Waals surface area contributed by atoms with E-state index in [-0.39, 0.29) is 17.7 Å². The standard InChI is InChI=1S/C20H17FN6O3/c1-2-30-16-6-4-3-5-15(16)23-17(28)11-26-12-22-19-18(20(26)29)24-25-27(19)14-9-7-13(21)8-10-14/h3-10,12H,2,11H2,1H3,(H,23,28). The third-order valence-corrected chi connectivity index (χ3v) is 4.28. The van der Waals surface area contributed by atoms with E-state index in [4.69, 9.17) is 4.74 Å². The molecule has 30 heavy (non-hydrogen) atoms. The number of nitrogens with one attached hydrogen (secondary N) is 1. The van der Waals surface area contributed by atoms with Gasteiger partial charge in [-0.3, -0.25) is 14.2 Å². The smallest absolute Gasteiger partial charge is 0.284 e. The van der Waals surface area contributed by atoms with E-state index in [9.17, 15) is 14.0 Å². The van der Waals surface area contributed by atoms with Crippen LogP contribution in [0.4, 0.5) is 10.1 Å². The minimum absolute atomic E-state index is 0.00402. The zero-order valence-corrected chi connectivity index (χ0v) is 15.9. The van der Waals surface area contributed by atoms with Crippen molar-refractivity contribution in [2.45, 2.75) is 13.5 Å². The quantitative estimate of drug-likeness (QED) is 0.524. The maximum absolute atomic E-state index is 13.1. The molecule has 2 aromatic heterocycles. The van der Waals surface area contributed by atoms with Crippen LogP contribution in [0.3, 0.4) is 0 Å². The molecule has 0 aliphatic rings. The van der Waals surface area contributed by atoms with Crippen molar-refractivity contribution in [3.63, 3.8) is 0 Å². The summed E-state index contributed by atoms with van der Waals surface area (Å²) < 4.78 is 21.1. The highest BCUT2D eigenvalue weighted by Crippen LogP contribution is 2.23. The molecule has 0 fully saturated rings. The van der Waals surface area contributed by atoms with E-state index in [1.165, 1.54) is 35.3 Å². The first-order valence-corrected chi connectivity index (χ1v) is 9.15. The van der Waals surface area contributed by atoms with Crippen LogP contribution in [0.25, 0.3) is 16.9 Å². The van der Waals surface area contributed by atoms with Gasteiger partial charge in [-0.1, -0.05) is 17.3 Å². The Labute approximate surface area is 169 Å². The number of halogens is 1. The minimum Gasteiger partial charge on any atom is -0.492 e. The van der Waals surface area contributed by atoms with Gasteiger partial charge in [0.05, 0.1) is 18.0 Å². The fraction of sp³-hybridized carbons (Fsp3) is 0.150. The summed E-state index contributed by atoms with van der Waals surface area (Å²) in [7, 11) is 0. The van der Waals surface area contributed by atoms with Crippen LogP contribution in [0, 0.1) is 5.82 Å². The molecule has 0 radical (unpaired) electrons. The van der Waals surface area contributed by atoms with E-state index in [2.05, 4.69) is 20.6 Å².